The van der Waals surface area contributed by atoms with E-state index in [9.17, 15) is 18.4 Å². The van der Waals surface area contributed by atoms with Crippen LogP contribution in [0.15, 0.2) is 35.4 Å². The minimum atomic E-state index is -2.64. The fraction of sp³-hybridized carbons (Fsp3) is 0.286. The normalized spacial score (nSPS) is 14.5. The SMILES string of the molecule is O=C(Nc1ccn([C@@H](F)O[C@H](CO)[C@@H](O)F)c(=O)n1)c1ccc(Cl)nc1. The molecule has 0 saturated carbocycles. The number of anilines is 1. The summed E-state index contributed by atoms with van der Waals surface area (Å²) in [5.74, 6) is -0.810. The Morgan fingerprint density at radius 1 is 1.38 bits per heavy atom. The first-order chi connectivity index (χ1) is 12.3. The summed E-state index contributed by atoms with van der Waals surface area (Å²) < 4.78 is 31.3. The molecule has 3 atom stereocenters. The Morgan fingerprint density at radius 3 is 2.65 bits per heavy atom. The van der Waals surface area contributed by atoms with Gasteiger partial charge in [-0.1, -0.05) is 11.6 Å². The Balaban J connectivity index is 2.10. The highest BCUT2D eigenvalue weighted by atomic mass is 35.5. The van der Waals surface area contributed by atoms with Crippen LogP contribution in [0.4, 0.5) is 14.6 Å². The summed E-state index contributed by atoms with van der Waals surface area (Å²) in [6.45, 7) is -3.52. The molecule has 2 rings (SSSR count). The lowest BCUT2D eigenvalue weighted by molar-refractivity contribution is -0.202. The van der Waals surface area contributed by atoms with Crippen LogP contribution >= 0.6 is 11.6 Å². The van der Waals surface area contributed by atoms with E-state index in [0.29, 0.717) is 4.57 Å². The number of nitrogens with one attached hydrogen (secondary N) is 1. The number of pyridine rings is 1. The van der Waals surface area contributed by atoms with E-state index in [1.807, 2.05) is 0 Å². The molecule has 0 radical (unpaired) electrons. The van der Waals surface area contributed by atoms with E-state index in [-0.39, 0.29) is 16.5 Å². The van der Waals surface area contributed by atoms with E-state index < -0.39 is 37.1 Å². The molecule has 12 heteroatoms. The second-order valence-corrected chi connectivity index (χ2v) is 5.24. The maximum Gasteiger partial charge on any atom is 0.353 e. The molecule has 0 saturated heterocycles. The minimum Gasteiger partial charge on any atom is -0.393 e. The number of ether oxygens (including phenoxy) is 1. The third-order valence-electron chi connectivity index (χ3n) is 3.05. The van der Waals surface area contributed by atoms with Crippen LogP contribution in [0.2, 0.25) is 5.15 Å². The van der Waals surface area contributed by atoms with Gasteiger partial charge in [-0.3, -0.25) is 4.79 Å². The zero-order valence-electron chi connectivity index (χ0n) is 12.9. The summed E-state index contributed by atoms with van der Waals surface area (Å²) in [7, 11) is 0. The average molecular weight is 391 g/mol. The van der Waals surface area contributed by atoms with E-state index in [4.69, 9.17) is 21.8 Å². The number of halogens is 3. The molecular weight excluding hydrogens is 378 g/mol. The van der Waals surface area contributed by atoms with Gasteiger partial charge in [0.15, 0.2) is 0 Å². The predicted octanol–water partition coefficient (Wildman–Crippen LogP) is 0.635. The minimum absolute atomic E-state index is 0.148. The highest BCUT2D eigenvalue weighted by molar-refractivity contribution is 6.29. The zero-order valence-corrected chi connectivity index (χ0v) is 13.7. The maximum atomic E-state index is 13.9. The van der Waals surface area contributed by atoms with Gasteiger partial charge in [0.2, 0.25) is 6.36 Å². The number of aliphatic hydroxyl groups is 2. The Labute approximate surface area is 149 Å². The lowest BCUT2D eigenvalue weighted by atomic mass is 10.3. The van der Waals surface area contributed by atoms with Gasteiger partial charge in [-0.2, -0.15) is 9.37 Å². The van der Waals surface area contributed by atoms with Crippen molar-refractivity contribution in [3.8, 4) is 0 Å². The number of carbonyl (C=O) groups is 1. The lowest BCUT2D eigenvalue weighted by Gasteiger charge is -2.19. The zero-order chi connectivity index (χ0) is 19.3. The van der Waals surface area contributed by atoms with Crippen molar-refractivity contribution in [2.24, 2.45) is 0 Å². The third-order valence-corrected chi connectivity index (χ3v) is 3.28. The van der Waals surface area contributed by atoms with Gasteiger partial charge in [0, 0.05) is 12.4 Å². The summed E-state index contributed by atoms with van der Waals surface area (Å²) in [6.07, 6.45) is -2.42. The van der Waals surface area contributed by atoms with Gasteiger partial charge in [-0.25, -0.2) is 18.7 Å². The molecule has 0 aliphatic heterocycles. The van der Waals surface area contributed by atoms with Crippen LogP contribution in [0, 0.1) is 0 Å². The summed E-state index contributed by atoms with van der Waals surface area (Å²) >= 11 is 5.61. The number of nitrogens with zero attached hydrogens (tertiary/aromatic N) is 3. The molecule has 2 aromatic heterocycles. The van der Waals surface area contributed by atoms with Crippen LogP contribution in [0.25, 0.3) is 0 Å². The molecule has 0 fully saturated rings. The van der Waals surface area contributed by atoms with Crippen LogP contribution in [-0.4, -0.2) is 49.7 Å². The molecule has 140 valence electrons. The van der Waals surface area contributed by atoms with Crippen molar-refractivity contribution < 1.29 is 28.5 Å². The molecule has 2 aromatic rings. The van der Waals surface area contributed by atoms with Crippen LogP contribution in [0.1, 0.15) is 16.8 Å². The number of amides is 1. The van der Waals surface area contributed by atoms with Gasteiger partial charge in [0.05, 0.1) is 12.2 Å². The van der Waals surface area contributed by atoms with Crippen molar-refractivity contribution in [2.75, 3.05) is 11.9 Å². The summed E-state index contributed by atoms with van der Waals surface area (Å²) in [5.41, 5.74) is -1.01. The first-order valence-corrected chi connectivity index (χ1v) is 7.44. The largest absolute Gasteiger partial charge is 0.393 e. The van der Waals surface area contributed by atoms with E-state index in [0.717, 1.165) is 12.3 Å². The Kier molecular flexibility index (Phi) is 6.69. The van der Waals surface area contributed by atoms with Crippen LogP contribution in [0.5, 0.6) is 0 Å². The highest BCUT2D eigenvalue weighted by Gasteiger charge is 2.24. The molecule has 3 N–H and O–H groups in total. The molecule has 2 heterocycles. The summed E-state index contributed by atoms with van der Waals surface area (Å²) in [5, 5.41) is 19.9. The van der Waals surface area contributed by atoms with Gasteiger partial charge in [-0.05, 0) is 18.2 Å². The molecular formula is C14H13ClF2N4O5. The average Bonchev–Trinajstić information content (AvgIpc) is 2.59. The topological polar surface area (TPSA) is 127 Å². The van der Waals surface area contributed by atoms with Crippen molar-refractivity contribution >= 4 is 23.3 Å². The summed E-state index contributed by atoms with van der Waals surface area (Å²) in [6, 6.07) is 3.89. The predicted molar refractivity (Wildman–Crippen MR) is 84.9 cm³/mol. The number of aromatic nitrogens is 3. The second kappa shape index (κ2) is 8.76. The number of aliphatic hydroxyl groups excluding tert-OH is 2. The molecule has 9 nitrogen and oxygen atoms in total. The second-order valence-electron chi connectivity index (χ2n) is 4.85. The van der Waals surface area contributed by atoms with E-state index >= 15 is 0 Å². The number of hydrogen-bond acceptors (Lipinski definition) is 7. The Bertz CT molecular complexity index is 818. The van der Waals surface area contributed by atoms with Crippen molar-refractivity contribution in [3.05, 3.63) is 51.8 Å². The van der Waals surface area contributed by atoms with Gasteiger partial charge >= 0.3 is 5.69 Å². The third kappa shape index (κ3) is 5.02. The standard InChI is InChI=1S/C14H13ClF2N4O5/c15-9-2-1-7(5-18-9)12(24)19-10-3-4-21(14(25)20-10)13(17)26-8(6-22)11(16)23/h1-5,8,11,13,22-23H,6H2,(H,19,20,24,25)/t8-,11-,13-/m1/s1. The number of hydrogen-bond donors (Lipinski definition) is 3. The molecule has 26 heavy (non-hydrogen) atoms. The fourth-order valence-electron chi connectivity index (χ4n) is 1.74. The van der Waals surface area contributed by atoms with Gasteiger partial charge in [-0.15, -0.1) is 0 Å². The van der Waals surface area contributed by atoms with Crippen LogP contribution in [0.3, 0.4) is 0 Å². The Morgan fingerprint density at radius 2 is 2.12 bits per heavy atom. The van der Waals surface area contributed by atoms with Crippen molar-refractivity contribution in [1.82, 2.24) is 14.5 Å². The molecule has 0 aromatic carbocycles. The highest BCUT2D eigenvalue weighted by Crippen LogP contribution is 2.14. The number of alkyl halides is 2. The molecule has 0 aliphatic rings. The summed E-state index contributed by atoms with van der Waals surface area (Å²) in [4.78, 5) is 31.0. The van der Waals surface area contributed by atoms with Crippen molar-refractivity contribution in [3.63, 3.8) is 0 Å². The molecule has 1 amide bonds. The van der Waals surface area contributed by atoms with Gasteiger partial charge < -0.3 is 20.3 Å². The van der Waals surface area contributed by atoms with Gasteiger partial charge in [0.25, 0.3) is 12.4 Å². The maximum absolute atomic E-state index is 13.9. The van der Waals surface area contributed by atoms with Crippen LogP contribution in [-0.2, 0) is 4.74 Å². The van der Waals surface area contributed by atoms with Crippen molar-refractivity contribution in [2.45, 2.75) is 18.9 Å². The number of carbonyl (C=O) groups excluding carboxylic acids is 1. The number of rotatable bonds is 7. The Hall–Kier alpha value is -2.47. The van der Waals surface area contributed by atoms with Gasteiger partial charge in [0.1, 0.15) is 17.1 Å². The lowest BCUT2D eigenvalue weighted by Crippen LogP contribution is -2.34. The first kappa shape index (κ1) is 19.8. The molecule has 0 aliphatic carbocycles. The fourth-order valence-corrected chi connectivity index (χ4v) is 1.85. The van der Waals surface area contributed by atoms with Crippen LogP contribution < -0.4 is 11.0 Å². The van der Waals surface area contributed by atoms with E-state index in [2.05, 4.69) is 20.0 Å². The molecule has 0 bridgehead atoms. The molecule has 0 unspecified atom stereocenters. The first-order valence-electron chi connectivity index (χ1n) is 7.06. The van der Waals surface area contributed by atoms with E-state index in [1.54, 1.807) is 0 Å². The smallest absolute Gasteiger partial charge is 0.353 e. The molecule has 0 spiro atoms. The van der Waals surface area contributed by atoms with Crippen molar-refractivity contribution in [1.29, 1.82) is 0 Å². The monoisotopic (exact) mass is 390 g/mol. The van der Waals surface area contributed by atoms with E-state index in [1.165, 1.54) is 18.3 Å². The quantitative estimate of drug-likeness (QED) is 0.592.